The second kappa shape index (κ2) is 8.00. The molecule has 1 amide bonds. The van der Waals surface area contributed by atoms with E-state index in [9.17, 15) is 14.4 Å². The SMILES string of the molecule is Cc1cc(-c2ncc(Cl)s2)cc(C)c1C1C(=O)CC(CC(=O)NC(C)(C)C)C1=O. The second-order valence-corrected chi connectivity index (χ2v) is 10.4. The van der Waals surface area contributed by atoms with E-state index in [0.29, 0.717) is 4.34 Å². The summed E-state index contributed by atoms with van der Waals surface area (Å²) in [6, 6.07) is 3.88. The van der Waals surface area contributed by atoms with Gasteiger partial charge in [-0.1, -0.05) is 11.6 Å². The zero-order valence-electron chi connectivity index (χ0n) is 17.3. The predicted octanol–water partition coefficient (Wildman–Crippen LogP) is 4.63. The molecule has 154 valence electrons. The molecule has 0 aliphatic heterocycles. The molecule has 0 spiro atoms. The third-order valence-electron chi connectivity index (χ3n) is 5.01. The van der Waals surface area contributed by atoms with Crippen LogP contribution in [0.1, 0.15) is 56.2 Å². The van der Waals surface area contributed by atoms with Crippen LogP contribution in [0, 0.1) is 19.8 Å². The summed E-state index contributed by atoms with van der Waals surface area (Å²) < 4.78 is 0.608. The number of ketones is 2. The van der Waals surface area contributed by atoms with Gasteiger partial charge in [-0.2, -0.15) is 0 Å². The number of nitrogens with zero attached hydrogens (tertiary/aromatic N) is 1. The number of thiazole rings is 1. The van der Waals surface area contributed by atoms with Crippen molar-refractivity contribution < 1.29 is 14.4 Å². The van der Waals surface area contributed by atoms with Gasteiger partial charge in [-0.3, -0.25) is 14.4 Å². The van der Waals surface area contributed by atoms with E-state index in [4.69, 9.17) is 11.6 Å². The van der Waals surface area contributed by atoms with Crippen LogP contribution in [0.15, 0.2) is 18.3 Å². The molecule has 1 aromatic heterocycles. The number of hydrogen-bond donors (Lipinski definition) is 1. The van der Waals surface area contributed by atoms with Gasteiger partial charge >= 0.3 is 0 Å². The summed E-state index contributed by atoms with van der Waals surface area (Å²) in [6.07, 6.45) is 1.77. The maximum atomic E-state index is 13.1. The minimum absolute atomic E-state index is 0.0478. The number of benzene rings is 1. The summed E-state index contributed by atoms with van der Waals surface area (Å²) in [5, 5.41) is 3.67. The number of Topliss-reactive ketones (excluding diaryl/α,β-unsaturated/α-hetero) is 2. The maximum Gasteiger partial charge on any atom is 0.221 e. The third kappa shape index (κ3) is 4.75. The Labute approximate surface area is 179 Å². The number of hydrogen-bond acceptors (Lipinski definition) is 5. The monoisotopic (exact) mass is 432 g/mol. The number of amides is 1. The fraction of sp³-hybridized carbons (Fsp3) is 0.455. The summed E-state index contributed by atoms with van der Waals surface area (Å²) >= 11 is 7.38. The van der Waals surface area contributed by atoms with Gasteiger partial charge in [0.2, 0.25) is 5.91 Å². The van der Waals surface area contributed by atoms with Crippen LogP contribution in [-0.4, -0.2) is 28.0 Å². The van der Waals surface area contributed by atoms with Gasteiger partial charge in [0.1, 0.15) is 21.0 Å². The van der Waals surface area contributed by atoms with E-state index in [1.54, 1.807) is 6.20 Å². The van der Waals surface area contributed by atoms with Crippen LogP contribution in [0.25, 0.3) is 10.6 Å². The number of nitrogens with one attached hydrogen (secondary N) is 1. The van der Waals surface area contributed by atoms with Gasteiger partial charge in [0.25, 0.3) is 0 Å². The normalized spacial score (nSPS) is 19.7. The lowest BCUT2D eigenvalue weighted by molar-refractivity contribution is -0.129. The average Bonchev–Trinajstić information content (AvgIpc) is 3.11. The van der Waals surface area contributed by atoms with Crippen molar-refractivity contribution in [2.45, 2.75) is 58.9 Å². The Balaban J connectivity index is 1.86. The fourth-order valence-corrected chi connectivity index (χ4v) is 4.87. The molecule has 3 rings (SSSR count). The number of aromatic nitrogens is 1. The molecule has 1 fully saturated rings. The molecule has 2 atom stereocenters. The van der Waals surface area contributed by atoms with Gasteiger partial charge < -0.3 is 5.32 Å². The highest BCUT2D eigenvalue weighted by Gasteiger charge is 2.44. The number of carbonyl (C=O) groups excluding carboxylic acids is 3. The van der Waals surface area contributed by atoms with Crippen LogP contribution in [0.2, 0.25) is 4.34 Å². The quantitative estimate of drug-likeness (QED) is 0.715. The standard InChI is InChI=1S/C22H25ClN2O3S/c1-11-6-14(21-24-10-16(23)29-21)7-12(2)18(11)19-15(26)8-13(20(19)28)9-17(27)25-22(3,4)5/h6-7,10,13,19H,8-9H2,1-5H3,(H,25,27). The van der Waals surface area contributed by atoms with E-state index in [1.165, 1.54) is 11.3 Å². The molecular formula is C22H25ClN2O3S. The molecule has 1 saturated carbocycles. The molecular weight excluding hydrogens is 408 g/mol. The van der Waals surface area contributed by atoms with Gasteiger partial charge in [-0.05, 0) is 63.4 Å². The average molecular weight is 433 g/mol. The van der Waals surface area contributed by atoms with Crippen LogP contribution in [0.3, 0.4) is 0 Å². The first kappa shape index (κ1) is 21.7. The Kier molecular flexibility index (Phi) is 5.97. The van der Waals surface area contributed by atoms with E-state index < -0.39 is 11.8 Å². The Morgan fingerprint density at radius 1 is 1.24 bits per heavy atom. The van der Waals surface area contributed by atoms with Crippen LogP contribution >= 0.6 is 22.9 Å². The van der Waals surface area contributed by atoms with E-state index in [-0.39, 0.29) is 35.9 Å². The zero-order chi connectivity index (χ0) is 21.5. The molecule has 5 nitrogen and oxygen atoms in total. The van der Waals surface area contributed by atoms with E-state index in [0.717, 1.165) is 27.3 Å². The highest BCUT2D eigenvalue weighted by atomic mass is 35.5. The van der Waals surface area contributed by atoms with Crippen molar-refractivity contribution in [1.29, 1.82) is 0 Å². The molecule has 1 heterocycles. The molecule has 0 bridgehead atoms. The predicted molar refractivity (Wildman–Crippen MR) is 115 cm³/mol. The van der Waals surface area contributed by atoms with E-state index >= 15 is 0 Å². The minimum Gasteiger partial charge on any atom is -0.351 e. The fourth-order valence-electron chi connectivity index (χ4n) is 3.97. The van der Waals surface area contributed by atoms with Crippen molar-refractivity contribution in [3.05, 3.63) is 39.4 Å². The number of halogens is 1. The lowest BCUT2D eigenvalue weighted by atomic mass is 9.86. The maximum absolute atomic E-state index is 13.1. The lowest BCUT2D eigenvalue weighted by Crippen LogP contribution is -2.41. The molecule has 2 unspecified atom stereocenters. The summed E-state index contributed by atoms with van der Waals surface area (Å²) in [6.45, 7) is 9.47. The number of aryl methyl sites for hydroxylation is 2. The lowest BCUT2D eigenvalue weighted by Gasteiger charge is -2.21. The van der Waals surface area contributed by atoms with Gasteiger partial charge in [0, 0.05) is 29.9 Å². The molecule has 1 N–H and O–H groups in total. The zero-order valence-corrected chi connectivity index (χ0v) is 18.8. The van der Waals surface area contributed by atoms with Crippen LogP contribution in [-0.2, 0) is 14.4 Å². The van der Waals surface area contributed by atoms with Crippen molar-refractivity contribution in [1.82, 2.24) is 10.3 Å². The highest BCUT2D eigenvalue weighted by Crippen LogP contribution is 2.39. The van der Waals surface area contributed by atoms with E-state index in [1.807, 2.05) is 46.8 Å². The van der Waals surface area contributed by atoms with Gasteiger partial charge in [-0.15, -0.1) is 11.3 Å². The Bertz CT molecular complexity index is 967. The first-order valence-electron chi connectivity index (χ1n) is 9.56. The first-order chi connectivity index (χ1) is 13.5. The van der Waals surface area contributed by atoms with Crippen molar-refractivity contribution in [2.75, 3.05) is 0 Å². The van der Waals surface area contributed by atoms with Crippen molar-refractivity contribution in [3.8, 4) is 10.6 Å². The highest BCUT2D eigenvalue weighted by molar-refractivity contribution is 7.18. The third-order valence-corrected chi connectivity index (χ3v) is 6.17. The summed E-state index contributed by atoms with van der Waals surface area (Å²) in [5.41, 5.74) is 3.05. The van der Waals surface area contributed by atoms with Crippen LogP contribution in [0.5, 0.6) is 0 Å². The smallest absolute Gasteiger partial charge is 0.221 e. The minimum atomic E-state index is -0.795. The molecule has 0 radical (unpaired) electrons. The van der Waals surface area contributed by atoms with E-state index in [2.05, 4.69) is 10.3 Å². The molecule has 1 aromatic carbocycles. The number of rotatable bonds is 4. The Hall–Kier alpha value is -2.05. The topological polar surface area (TPSA) is 76.1 Å². The van der Waals surface area contributed by atoms with Gasteiger partial charge in [-0.25, -0.2) is 4.98 Å². The van der Waals surface area contributed by atoms with Crippen molar-refractivity contribution >= 4 is 40.4 Å². The van der Waals surface area contributed by atoms with Gasteiger partial charge in [0.15, 0.2) is 5.78 Å². The molecule has 1 aliphatic carbocycles. The summed E-state index contributed by atoms with van der Waals surface area (Å²) in [4.78, 5) is 42.4. The van der Waals surface area contributed by atoms with Crippen LogP contribution < -0.4 is 5.32 Å². The molecule has 1 aliphatic rings. The summed E-state index contributed by atoms with van der Waals surface area (Å²) in [7, 11) is 0. The molecule has 29 heavy (non-hydrogen) atoms. The molecule has 2 aromatic rings. The van der Waals surface area contributed by atoms with Gasteiger partial charge in [0.05, 0.1) is 6.20 Å². The molecule has 0 saturated heterocycles. The summed E-state index contributed by atoms with van der Waals surface area (Å²) in [5.74, 6) is -1.83. The van der Waals surface area contributed by atoms with Crippen molar-refractivity contribution in [2.24, 2.45) is 5.92 Å². The first-order valence-corrected chi connectivity index (χ1v) is 10.8. The molecule has 7 heteroatoms. The largest absolute Gasteiger partial charge is 0.351 e. The Morgan fingerprint density at radius 3 is 2.38 bits per heavy atom. The second-order valence-electron chi connectivity index (χ2n) is 8.70. The van der Waals surface area contributed by atoms with Crippen molar-refractivity contribution in [3.63, 3.8) is 0 Å². The van der Waals surface area contributed by atoms with Crippen LogP contribution in [0.4, 0.5) is 0 Å². The number of carbonyl (C=O) groups is 3. The Morgan fingerprint density at radius 2 is 1.86 bits per heavy atom.